The summed E-state index contributed by atoms with van der Waals surface area (Å²) >= 11 is 0. The highest BCUT2D eigenvalue weighted by molar-refractivity contribution is 7.86. The van der Waals surface area contributed by atoms with Crippen molar-refractivity contribution in [1.29, 1.82) is 0 Å². The van der Waals surface area contributed by atoms with E-state index < -0.39 is 15.0 Å². The summed E-state index contributed by atoms with van der Waals surface area (Å²) in [6.07, 6.45) is 0. The first kappa shape index (κ1) is 12.6. The molecule has 16 heavy (non-hydrogen) atoms. The molecule has 0 aliphatic carbocycles. The van der Waals surface area contributed by atoms with Crippen molar-refractivity contribution in [2.45, 2.75) is 4.90 Å². The summed E-state index contributed by atoms with van der Waals surface area (Å²) in [5.74, 6) is 0. The second-order valence-electron chi connectivity index (χ2n) is 2.82. The Labute approximate surface area is 92.1 Å². The molecule has 0 bridgehead atoms. The molecular formula is C8H10N2O5S. The Bertz CT molecular complexity index is 468. The molecule has 0 aliphatic rings. The molecule has 0 unspecified atom stereocenters. The second-order valence-corrected chi connectivity index (χ2v) is 4.43. The number of hydrogen-bond donors (Lipinski definition) is 1. The third kappa shape index (κ3) is 2.99. The average Bonchev–Trinajstić information content (AvgIpc) is 2.26. The molecule has 1 rings (SSSR count). The standard InChI is InChI=1S/C8H10N2O5S/c9-5-6-15-16(13,14)8-3-1-7(2-4-8)10(11)12/h1-4H,5-6,9H2. The van der Waals surface area contributed by atoms with E-state index >= 15 is 0 Å². The number of non-ortho nitro benzene ring substituents is 1. The normalized spacial score (nSPS) is 11.3. The SMILES string of the molecule is NCCOS(=O)(=O)c1ccc([N+](=O)[O-])cc1. The number of hydrogen-bond acceptors (Lipinski definition) is 6. The van der Waals surface area contributed by atoms with Gasteiger partial charge < -0.3 is 5.73 Å². The van der Waals surface area contributed by atoms with Crippen LogP contribution in [0.3, 0.4) is 0 Å². The van der Waals surface area contributed by atoms with E-state index in [1.54, 1.807) is 0 Å². The highest BCUT2D eigenvalue weighted by Gasteiger charge is 2.16. The minimum atomic E-state index is -3.87. The van der Waals surface area contributed by atoms with Gasteiger partial charge in [0.2, 0.25) is 0 Å². The van der Waals surface area contributed by atoms with Crippen molar-refractivity contribution in [3.63, 3.8) is 0 Å². The summed E-state index contributed by atoms with van der Waals surface area (Å²) in [6, 6.07) is 4.42. The molecule has 88 valence electrons. The van der Waals surface area contributed by atoms with Crippen molar-refractivity contribution >= 4 is 15.8 Å². The summed E-state index contributed by atoms with van der Waals surface area (Å²) < 4.78 is 27.4. The van der Waals surface area contributed by atoms with Crippen LogP contribution in [0.5, 0.6) is 0 Å². The van der Waals surface area contributed by atoms with Crippen LogP contribution in [0.15, 0.2) is 29.2 Å². The lowest BCUT2D eigenvalue weighted by Gasteiger charge is -2.03. The van der Waals surface area contributed by atoms with Gasteiger partial charge in [0, 0.05) is 18.7 Å². The smallest absolute Gasteiger partial charge is 0.297 e. The number of rotatable bonds is 5. The van der Waals surface area contributed by atoms with Gasteiger partial charge in [0.1, 0.15) is 0 Å². The molecule has 1 aromatic rings. The van der Waals surface area contributed by atoms with Crippen LogP contribution in [-0.2, 0) is 14.3 Å². The van der Waals surface area contributed by atoms with Gasteiger partial charge in [-0.25, -0.2) is 0 Å². The van der Waals surface area contributed by atoms with Gasteiger partial charge in [-0.3, -0.25) is 14.3 Å². The van der Waals surface area contributed by atoms with Gasteiger partial charge in [-0.2, -0.15) is 8.42 Å². The monoisotopic (exact) mass is 246 g/mol. The molecule has 0 aliphatic heterocycles. The predicted octanol–water partition coefficient (Wildman–Crippen LogP) is 0.259. The van der Waals surface area contributed by atoms with Crippen LogP contribution in [0.25, 0.3) is 0 Å². The number of nitrogens with two attached hydrogens (primary N) is 1. The van der Waals surface area contributed by atoms with Gasteiger partial charge in [-0.1, -0.05) is 0 Å². The van der Waals surface area contributed by atoms with Crippen molar-refractivity contribution in [3.05, 3.63) is 34.4 Å². The Hall–Kier alpha value is -1.51. The second kappa shape index (κ2) is 5.01. The van der Waals surface area contributed by atoms with E-state index in [4.69, 9.17) is 5.73 Å². The van der Waals surface area contributed by atoms with E-state index in [0.29, 0.717) is 0 Å². The fraction of sp³-hybridized carbons (Fsp3) is 0.250. The fourth-order valence-corrected chi connectivity index (χ4v) is 1.88. The maximum Gasteiger partial charge on any atom is 0.297 e. The van der Waals surface area contributed by atoms with Crippen LogP contribution < -0.4 is 5.73 Å². The van der Waals surface area contributed by atoms with E-state index in [1.165, 1.54) is 0 Å². The zero-order chi connectivity index (χ0) is 12.2. The summed E-state index contributed by atoms with van der Waals surface area (Å²) in [5, 5.41) is 10.3. The first-order valence-corrected chi connectivity index (χ1v) is 5.72. The van der Waals surface area contributed by atoms with E-state index in [2.05, 4.69) is 4.18 Å². The Balaban J connectivity index is 2.93. The largest absolute Gasteiger partial charge is 0.328 e. The number of nitro benzene ring substituents is 1. The highest BCUT2D eigenvalue weighted by atomic mass is 32.2. The molecule has 0 saturated carbocycles. The molecule has 0 spiro atoms. The Morgan fingerprint density at radius 2 is 1.88 bits per heavy atom. The number of nitro groups is 1. The molecular weight excluding hydrogens is 236 g/mol. The topological polar surface area (TPSA) is 113 Å². The lowest BCUT2D eigenvalue weighted by atomic mass is 10.3. The minimum Gasteiger partial charge on any atom is -0.328 e. The zero-order valence-corrected chi connectivity index (χ0v) is 9.01. The van der Waals surface area contributed by atoms with E-state index in [-0.39, 0.29) is 23.7 Å². The summed E-state index contributed by atoms with van der Waals surface area (Å²) in [6.45, 7) is -0.0501. The van der Waals surface area contributed by atoms with Crippen molar-refractivity contribution in [3.8, 4) is 0 Å². The van der Waals surface area contributed by atoms with Crippen LogP contribution in [0.2, 0.25) is 0 Å². The number of benzene rings is 1. The molecule has 2 N–H and O–H groups in total. The molecule has 7 nitrogen and oxygen atoms in total. The maximum absolute atomic E-state index is 11.4. The van der Waals surface area contributed by atoms with Gasteiger partial charge in [-0.15, -0.1) is 0 Å². The van der Waals surface area contributed by atoms with Crippen molar-refractivity contribution in [1.82, 2.24) is 0 Å². The van der Waals surface area contributed by atoms with Crippen molar-refractivity contribution < 1.29 is 17.5 Å². The summed E-state index contributed by atoms with van der Waals surface area (Å²) in [4.78, 5) is 9.60. The lowest BCUT2D eigenvalue weighted by Crippen LogP contribution is -2.14. The van der Waals surface area contributed by atoms with Crippen LogP contribution in [0.1, 0.15) is 0 Å². The summed E-state index contributed by atoms with van der Waals surface area (Å²) in [5.41, 5.74) is 4.92. The molecule has 0 atom stereocenters. The lowest BCUT2D eigenvalue weighted by molar-refractivity contribution is -0.384. The van der Waals surface area contributed by atoms with E-state index in [0.717, 1.165) is 24.3 Å². The Morgan fingerprint density at radius 1 is 1.31 bits per heavy atom. The molecule has 0 aromatic heterocycles. The molecule has 0 saturated heterocycles. The number of nitrogens with zero attached hydrogens (tertiary/aromatic N) is 1. The van der Waals surface area contributed by atoms with E-state index in [9.17, 15) is 18.5 Å². The average molecular weight is 246 g/mol. The molecule has 0 amide bonds. The third-order valence-electron chi connectivity index (χ3n) is 1.69. The first-order chi connectivity index (χ1) is 7.47. The molecule has 0 heterocycles. The van der Waals surface area contributed by atoms with Crippen LogP contribution in [-0.4, -0.2) is 26.5 Å². The predicted molar refractivity (Wildman–Crippen MR) is 55.3 cm³/mol. The third-order valence-corrected chi connectivity index (χ3v) is 3.02. The fourth-order valence-electron chi connectivity index (χ4n) is 0.960. The van der Waals surface area contributed by atoms with Crippen LogP contribution in [0, 0.1) is 10.1 Å². The highest BCUT2D eigenvalue weighted by Crippen LogP contribution is 2.17. The Kier molecular flexibility index (Phi) is 3.93. The van der Waals surface area contributed by atoms with Crippen LogP contribution >= 0.6 is 0 Å². The first-order valence-electron chi connectivity index (χ1n) is 4.31. The molecule has 1 aromatic carbocycles. The van der Waals surface area contributed by atoms with Crippen molar-refractivity contribution in [2.75, 3.05) is 13.2 Å². The van der Waals surface area contributed by atoms with Gasteiger partial charge in [-0.05, 0) is 12.1 Å². The Morgan fingerprint density at radius 3 is 2.31 bits per heavy atom. The van der Waals surface area contributed by atoms with Gasteiger partial charge >= 0.3 is 0 Å². The maximum atomic E-state index is 11.4. The molecule has 0 fully saturated rings. The summed E-state index contributed by atoms with van der Waals surface area (Å²) in [7, 11) is -3.87. The van der Waals surface area contributed by atoms with Gasteiger partial charge in [0.05, 0.1) is 16.4 Å². The molecule has 0 radical (unpaired) electrons. The van der Waals surface area contributed by atoms with Crippen LogP contribution in [0.4, 0.5) is 5.69 Å². The van der Waals surface area contributed by atoms with E-state index in [1.807, 2.05) is 0 Å². The van der Waals surface area contributed by atoms with Gasteiger partial charge in [0.25, 0.3) is 15.8 Å². The van der Waals surface area contributed by atoms with Crippen molar-refractivity contribution in [2.24, 2.45) is 5.73 Å². The minimum absolute atomic E-state index is 0.0756. The molecule has 8 heteroatoms. The van der Waals surface area contributed by atoms with Gasteiger partial charge in [0.15, 0.2) is 0 Å². The zero-order valence-electron chi connectivity index (χ0n) is 8.20. The quantitative estimate of drug-likeness (QED) is 0.453.